The average Bonchev–Trinajstić information content (AvgIpc) is 3.06. The van der Waals surface area contributed by atoms with Gasteiger partial charge >= 0.3 is 0 Å². The summed E-state index contributed by atoms with van der Waals surface area (Å²) in [5, 5.41) is 0.615. The molecule has 0 aromatic heterocycles. The zero-order valence-electron chi connectivity index (χ0n) is 18.9. The van der Waals surface area contributed by atoms with Gasteiger partial charge in [0.15, 0.2) is 11.5 Å². The molecule has 1 fully saturated rings. The van der Waals surface area contributed by atoms with E-state index in [0.29, 0.717) is 39.5 Å². The molecular weight excluding hydrogens is 497 g/mol. The average molecular weight is 522 g/mol. The van der Waals surface area contributed by atoms with Crippen molar-refractivity contribution in [2.45, 2.75) is 20.0 Å². The second-order valence-corrected chi connectivity index (χ2v) is 9.10. The Balaban J connectivity index is 1.92. The van der Waals surface area contributed by atoms with Crippen LogP contribution >= 0.6 is 35.0 Å². The van der Waals surface area contributed by atoms with E-state index in [9.17, 15) is 9.59 Å². The molecule has 1 heterocycles. The molecule has 9 heteroatoms. The van der Waals surface area contributed by atoms with Gasteiger partial charge in [-0.1, -0.05) is 35.3 Å². The van der Waals surface area contributed by atoms with Gasteiger partial charge in [-0.05, 0) is 66.6 Å². The highest BCUT2D eigenvalue weighted by Gasteiger charge is 2.34. The number of nitrogens with zero attached hydrogens (tertiary/aromatic N) is 1. The van der Waals surface area contributed by atoms with Gasteiger partial charge in [-0.15, -0.1) is 6.58 Å². The molecule has 1 saturated heterocycles. The van der Waals surface area contributed by atoms with Crippen LogP contribution in [0.25, 0.3) is 6.08 Å². The van der Waals surface area contributed by atoms with E-state index >= 15 is 0 Å². The lowest BCUT2D eigenvalue weighted by atomic mass is 10.0. The van der Waals surface area contributed by atoms with Crippen LogP contribution in [0.15, 0.2) is 47.9 Å². The van der Waals surface area contributed by atoms with E-state index in [1.165, 1.54) is 12.0 Å². The smallest absolute Gasteiger partial charge is 0.293 e. The minimum atomic E-state index is -0.338. The van der Waals surface area contributed by atoms with Crippen LogP contribution in [0.4, 0.5) is 4.79 Å². The third kappa shape index (κ3) is 6.36. The van der Waals surface area contributed by atoms with Crippen LogP contribution in [-0.4, -0.2) is 42.9 Å². The number of thioether (sulfide) groups is 1. The second-order valence-electron chi connectivity index (χ2n) is 7.30. The summed E-state index contributed by atoms with van der Waals surface area (Å²) in [7, 11) is 1.52. The summed E-state index contributed by atoms with van der Waals surface area (Å²) in [6.45, 7) is 6.91. The number of imide groups is 1. The molecule has 180 valence electrons. The predicted molar refractivity (Wildman–Crippen MR) is 137 cm³/mol. The summed E-state index contributed by atoms with van der Waals surface area (Å²) in [4.78, 5) is 26.5. The van der Waals surface area contributed by atoms with E-state index in [2.05, 4.69) is 6.58 Å². The maximum atomic E-state index is 12.7. The third-order valence-electron chi connectivity index (χ3n) is 4.88. The molecule has 6 nitrogen and oxygen atoms in total. The van der Waals surface area contributed by atoms with Crippen LogP contribution < -0.4 is 9.47 Å². The number of amides is 2. The van der Waals surface area contributed by atoms with Crippen molar-refractivity contribution in [1.82, 2.24) is 4.90 Å². The first-order chi connectivity index (χ1) is 16.4. The molecule has 3 rings (SSSR count). The van der Waals surface area contributed by atoms with Crippen molar-refractivity contribution in [3.63, 3.8) is 0 Å². The molecule has 0 atom stereocenters. The molecular formula is C25H25Cl2NO5S. The third-order valence-corrected chi connectivity index (χ3v) is 6.52. The number of halogens is 2. The number of allylic oxidation sites excluding steroid dienone is 1. The number of benzene rings is 2. The van der Waals surface area contributed by atoms with E-state index in [1.807, 2.05) is 19.1 Å². The molecule has 2 aromatic rings. The highest BCUT2D eigenvalue weighted by atomic mass is 35.5. The van der Waals surface area contributed by atoms with Gasteiger partial charge in [0.1, 0.15) is 6.61 Å². The van der Waals surface area contributed by atoms with E-state index in [0.717, 1.165) is 28.5 Å². The molecule has 0 aliphatic carbocycles. The zero-order valence-corrected chi connectivity index (χ0v) is 21.3. The number of carbonyl (C=O) groups excluding carboxylic acids is 2. The Labute approximate surface area is 213 Å². The normalized spacial score (nSPS) is 14.7. The molecule has 0 radical (unpaired) electrons. The molecule has 0 bridgehead atoms. The molecule has 0 unspecified atom stereocenters. The number of hydrogen-bond donors (Lipinski definition) is 0. The number of ether oxygens (including phenoxy) is 3. The minimum absolute atomic E-state index is 0.214. The van der Waals surface area contributed by atoms with Crippen molar-refractivity contribution >= 4 is 52.2 Å². The highest BCUT2D eigenvalue weighted by molar-refractivity contribution is 8.18. The van der Waals surface area contributed by atoms with Crippen molar-refractivity contribution in [2.75, 3.05) is 26.9 Å². The summed E-state index contributed by atoms with van der Waals surface area (Å²) in [5.41, 5.74) is 2.42. The summed E-state index contributed by atoms with van der Waals surface area (Å²) in [6.07, 6.45) is 3.98. The van der Waals surface area contributed by atoms with E-state index in [-0.39, 0.29) is 30.9 Å². The predicted octanol–water partition coefficient (Wildman–Crippen LogP) is 6.38. The molecule has 2 aromatic carbocycles. The molecule has 0 N–H and O–H groups in total. The van der Waals surface area contributed by atoms with Gasteiger partial charge in [0.05, 0.1) is 34.7 Å². The van der Waals surface area contributed by atoms with Crippen molar-refractivity contribution < 1.29 is 23.8 Å². The van der Waals surface area contributed by atoms with Crippen LogP contribution in [-0.2, 0) is 22.6 Å². The SMILES string of the molecule is C=CCc1cc(/C=C2/SC(=O)N(CCOC)C2=O)cc(OCC)c1OCc1ccc(Cl)c(Cl)c1. The largest absolute Gasteiger partial charge is 0.490 e. The van der Waals surface area contributed by atoms with Gasteiger partial charge in [-0.3, -0.25) is 14.5 Å². The van der Waals surface area contributed by atoms with Crippen LogP contribution in [0.2, 0.25) is 10.0 Å². The van der Waals surface area contributed by atoms with Crippen LogP contribution in [0, 0.1) is 0 Å². The van der Waals surface area contributed by atoms with E-state index < -0.39 is 0 Å². The Morgan fingerprint density at radius 1 is 1.12 bits per heavy atom. The standard InChI is InChI=1S/C25H25Cl2NO5S/c1-4-6-18-11-17(14-22-24(29)28(9-10-31-3)25(30)34-22)13-21(32-5-2)23(18)33-15-16-7-8-19(26)20(27)12-16/h4,7-8,11-14H,1,5-6,9-10,15H2,2-3H3/b22-14+. The van der Waals surface area contributed by atoms with Crippen molar-refractivity contribution in [2.24, 2.45) is 0 Å². The molecule has 34 heavy (non-hydrogen) atoms. The maximum Gasteiger partial charge on any atom is 0.293 e. The Morgan fingerprint density at radius 3 is 2.59 bits per heavy atom. The van der Waals surface area contributed by atoms with Gasteiger partial charge in [0.25, 0.3) is 11.1 Å². The first kappa shape index (κ1) is 26.2. The molecule has 2 amide bonds. The van der Waals surface area contributed by atoms with Crippen molar-refractivity contribution in [3.05, 3.63) is 74.6 Å². The summed E-state index contributed by atoms with van der Waals surface area (Å²) in [5.74, 6) is 0.778. The first-order valence-electron chi connectivity index (χ1n) is 10.6. The van der Waals surface area contributed by atoms with Gasteiger partial charge in [0.2, 0.25) is 0 Å². The first-order valence-corrected chi connectivity index (χ1v) is 12.2. The van der Waals surface area contributed by atoms with E-state index in [1.54, 1.807) is 30.4 Å². The fourth-order valence-electron chi connectivity index (χ4n) is 3.31. The lowest BCUT2D eigenvalue weighted by Crippen LogP contribution is -2.31. The molecule has 0 spiro atoms. The quantitative estimate of drug-likeness (QED) is 0.252. The van der Waals surface area contributed by atoms with Gasteiger partial charge < -0.3 is 14.2 Å². The maximum absolute atomic E-state index is 12.7. The number of carbonyl (C=O) groups is 2. The Bertz CT molecular complexity index is 1120. The van der Waals surface area contributed by atoms with Gasteiger partial charge in [0, 0.05) is 12.7 Å². The van der Waals surface area contributed by atoms with Crippen LogP contribution in [0.5, 0.6) is 11.5 Å². The monoisotopic (exact) mass is 521 g/mol. The molecule has 0 saturated carbocycles. The van der Waals surface area contributed by atoms with Crippen molar-refractivity contribution in [3.8, 4) is 11.5 Å². The topological polar surface area (TPSA) is 65.1 Å². The zero-order chi connectivity index (χ0) is 24.7. The van der Waals surface area contributed by atoms with Crippen LogP contribution in [0.3, 0.4) is 0 Å². The summed E-state index contributed by atoms with van der Waals surface area (Å²) < 4.78 is 17.0. The summed E-state index contributed by atoms with van der Waals surface area (Å²) >= 11 is 13.0. The Morgan fingerprint density at radius 2 is 1.91 bits per heavy atom. The molecule has 1 aliphatic rings. The number of methoxy groups -OCH3 is 1. The fraction of sp³-hybridized carbons (Fsp3) is 0.280. The van der Waals surface area contributed by atoms with Gasteiger partial charge in [-0.2, -0.15) is 0 Å². The minimum Gasteiger partial charge on any atom is -0.490 e. The molecule has 1 aliphatic heterocycles. The second kappa shape index (κ2) is 12.3. The van der Waals surface area contributed by atoms with Crippen molar-refractivity contribution in [1.29, 1.82) is 0 Å². The number of hydrogen-bond acceptors (Lipinski definition) is 6. The lowest BCUT2D eigenvalue weighted by molar-refractivity contribution is -0.123. The Kier molecular flexibility index (Phi) is 9.47. The van der Waals surface area contributed by atoms with Gasteiger partial charge in [-0.25, -0.2) is 0 Å². The number of rotatable bonds is 11. The van der Waals surface area contributed by atoms with Crippen LogP contribution in [0.1, 0.15) is 23.6 Å². The lowest BCUT2D eigenvalue weighted by Gasteiger charge is -2.17. The Hall–Kier alpha value is -2.45. The highest BCUT2D eigenvalue weighted by Crippen LogP contribution is 2.38. The summed E-state index contributed by atoms with van der Waals surface area (Å²) in [6, 6.07) is 9.02. The fourth-order valence-corrected chi connectivity index (χ4v) is 4.50. The van der Waals surface area contributed by atoms with E-state index in [4.69, 9.17) is 37.4 Å².